The summed E-state index contributed by atoms with van der Waals surface area (Å²) in [6.07, 6.45) is 3.35. The van der Waals surface area contributed by atoms with Gasteiger partial charge < -0.3 is 15.6 Å². The molecule has 5 rings (SSSR count). The molecule has 0 spiro atoms. The van der Waals surface area contributed by atoms with Crippen molar-refractivity contribution >= 4 is 28.7 Å². The van der Waals surface area contributed by atoms with E-state index in [4.69, 9.17) is 0 Å². The number of imide groups is 1. The Morgan fingerprint density at radius 1 is 1.06 bits per heavy atom. The van der Waals surface area contributed by atoms with Gasteiger partial charge in [0.15, 0.2) is 0 Å². The Morgan fingerprint density at radius 2 is 1.84 bits per heavy atom. The number of rotatable bonds is 6. The number of aromatic amines is 1. The van der Waals surface area contributed by atoms with E-state index in [1.54, 1.807) is 0 Å². The van der Waals surface area contributed by atoms with Crippen molar-refractivity contribution in [1.29, 1.82) is 0 Å². The van der Waals surface area contributed by atoms with Gasteiger partial charge >= 0.3 is 6.03 Å². The lowest BCUT2D eigenvalue weighted by atomic mass is 9.91. The third kappa shape index (κ3) is 3.86. The standard InChI is InChI=1S/C25H26N4O3/c30-22(26-20-12-6-10-18-17-9-4-5-11-19(17)27-23(18)20)15-21-24(31)29(25(32)28-21)14-13-16-7-2-1-3-8-16/h1-5,7-9,11,20-21,27H,6,10,12-15H2,(H,26,30)(H,28,32)/t20-,21-/m0/s1. The minimum absolute atomic E-state index is 0.0571. The van der Waals surface area contributed by atoms with Crippen molar-refractivity contribution in [1.82, 2.24) is 20.5 Å². The Labute approximate surface area is 186 Å². The molecule has 1 fully saturated rings. The van der Waals surface area contributed by atoms with Crippen LogP contribution in [-0.4, -0.2) is 40.3 Å². The Balaban J connectivity index is 1.21. The maximum atomic E-state index is 12.8. The van der Waals surface area contributed by atoms with Gasteiger partial charge in [0, 0.05) is 23.1 Å². The van der Waals surface area contributed by atoms with E-state index in [1.807, 2.05) is 48.5 Å². The van der Waals surface area contributed by atoms with Gasteiger partial charge in [0.25, 0.3) is 5.91 Å². The number of fused-ring (bicyclic) bond motifs is 3. The second kappa shape index (κ2) is 8.49. The molecule has 2 aliphatic rings. The Kier molecular flexibility index (Phi) is 5.39. The molecule has 164 valence electrons. The molecule has 2 aromatic carbocycles. The number of urea groups is 1. The number of carbonyl (C=O) groups is 3. The largest absolute Gasteiger partial charge is 0.356 e. The van der Waals surface area contributed by atoms with Gasteiger partial charge in [-0.05, 0) is 42.9 Å². The number of nitrogens with one attached hydrogen (secondary N) is 3. The minimum Gasteiger partial charge on any atom is -0.356 e. The minimum atomic E-state index is -0.816. The summed E-state index contributed by atoms with van der Waals surface area (Å²) in [5.41, 5.74) is 4.44. The molecule has 1 aromatic heterocycles. The highest BCUT2D eigenvalue weighted by Crippen LogP contribution is 2.34. The van der Waals surface area contributed by atoms with Crippen molar-refractivity contribution in [3.05, 3.63) is 71.4 Å². The SMILES string of the molecule is O=C(C[C@@H]1NC(=O)N(CCc2ccccc2)C1=O)N[C@H]1CCCc2c1[nH]c1ccccc21. The van der Waals surface area contributed by atoms with E-state index < -0.39 is 12.1 Å². The van der Waals surface area contributed by atoms with Crippen molar-refractivity contribution in [2.45, 2.75) is 44.2 Å². The van der Waals surface area contributed by atoms with E-state index in [0.717, 1.165) is 36.0 Å². The number of nitrogens with zero attached hydrogens (tertiary/aromatic N) is 1. The molecule has 7 nitrogen and oxygen atoms in total. The highest BCUT2D eigenvalue weighted by atomic mass is 16.2. The maximum absolute atomic E-state index is 12.8. The lowest BCUT2D eigenvalue weighted by Crippen LogP contribution is -2.38. The molecule has 3 N–H and O–H groups in total. The highest BCUT2D eigenvalue weighted by molar-refractivity contribution is 6.05. The number of para-hydroxylation sites is 1. The summed E-state index contributed by atoms with van der Waals surface area (Å²) in [6.45, 7) is 0.299. The fraction of sp³-hybridized carbons (Fsp3) is 0.320. The summed E-state index contributed by atoms with van der Waals surface area (Å²) < 4.78 is 0. The van der Waals surface area contributed by atoms with Gasteiger partial charge in [0.2, 0.25) is 5.91 Å². The zero-order valence-corrected chi connectivity index (χ0v) is 17.8. The van der Waals surface area contributed by atoms with Crippen LogP contribution < -0.4 is 10.6 Å². The maximum Gasteiger partial charge on any atom is 0.324 e. The van der Waals surface area contributed by atoms with Crippen molar-refractivity contribution in [2.24, 2.45) is 0 Å². The molecular weight excluding hydrogens is 404 g/mol. The van der Waals surface area contributed by atoms with Crippen LogP contribution in [0, 0.1) is 0 Å². The summed E-state index contributed by atoms with van der Waals surface area (Å²) in [4.78, 5) is 42.5. The van der Waals surface area contributed by atoms with E-state index in [2.05, 4.69) is 21.7 Å². The second-order valence-electron chi connectivity index (χ2n) is 8.51. The number of amides is 4. The zero-order valence-electron chi connectivity index (χ0n) is 17.8. The molecule has 0 saturated carbocycles. The molecule has 0 bridgehead atoms. The molecule has 1 aliphatic heterocycles. The number of hydrogen-bond donors (Lipinski definition) is 3. The van der Waals surface area contributed by atoms with E-state index in [1.165, 1.54) is 15.8 Å². The highest BCUT2D eigenvalue weighted by Gasteiger charge is 2.39. The monoisotopic (exact) mass is 430 g/mol. The average Bonchev–Trinajstić information content (AvgIpc) is 3.31. The molecule has 1 saturated heterocycles. The molecule has 0 unspecified atom stereocenters. The van der Waals surface area contributed by atoms with Crippen LogP contribution in [0.25, 0.3) is 10.9 Å². The molecule has 2 heterocycles. The topological polar surface area (TPSA) is 94.3 Å². The predicted octanol–water partition coefficient (Wildman–Crippen LogP) is 3.21. The zero-order chi connectivity index (χ0) is 22.1. The van der Waals surface area contributed by atoms with E-state index in [9.17, 15) is 14.4 Å². The normalized spacial score (nSPS) is 20.3. The lowest BCUT2D eigenvalue weighted by molar-refractivity contribution is -0.131. The van der Waals surface area contributed by atoms with Gasteiger partial charge in [-0.25, -0.2) is 4.79 Å². The summed E-state index contributed by atoms with van der Waals surface area (Å²) in [5.74, 6) is -0.568. The molecule has 0 radical (unpaired) electrons. The third-order valence-electron chi connectivity index (χ3n) is 6.41. The number of aromatic nitrogens is 1. The molecule has 2 atom stereocenters. The summed E-state index contributed by atoms with van der Waals surface area (Å²) >= 11 is 0. The number of carbonyl (C=O) groups excluding carboxylic acids is 3. The van der Waals surface area contributed by atoms with Crippen molar-refractivity contribution in [2.75, 3.05) is 6.54 Å². The van der Waals surface area contributed by atoms with Crippen LogP contribution in [0.2, 0.25) is 0 Å². The number of H-pyrrole nitrogens is 1. The Bertz CT molecular complexity index is 1170. The number of benzene rings is 2. The molecule has 32 heavy (non-hydrogen) atoms. The van der Waals surface area contributed by atoms with Crippen LogP contribution in [0.1, 0.15) is 42.1 Å². The third-order valence-corrected chi connectivity index (χ3v) is 6.41. The summed E-state index contributed by atoms with van der Waals surface area (Å²) in [7, 11) is 0. The molecule has 4 amide bonds. The first-order chi connectivity index (χ1) is 15.6. The Morgan fingerprint density at radius 3 is 2.69 bits per heavy atom. The lowest BCUT2D eigenvalue weighted by Gasteiger charge is -2.24. The molecule has 1 aliphatic carbocycles. The van der Waals surface area contributed by atoms with Gasteiger partial charge in [-0.2, -0.15) is 0 Å². The van der Waals surface area contributed by atoms with Crippen LogP contribution in [0.4, 0.5) is 4.79 Å². The number of hydrogen-bond acceptors (Lipinski definition) is 3. The Hall–Kier alpha value is -3.61. The first-order valence-corrected chi connectivity index (χ1v) is 11.1. The first kappa shape index (κ1) is 20.3. The summed E-state index contributed by atoms with van der Waals surface area (Å²) in [6, 6.07) is 16.5. The number of aryl methyl sites for hydroxylation is 1. The quantitative estimate of drug-likeness (QED) is 0.524. The van der Waals surface area contributed by atoms with Crippen LogP contribution in [-0.2, 0) is 22.4 Å². The second-order valence-corrected chi connectivity index (χ2v) is 8.51. The van der Waals surface area contributed by atoms with Gasteiger partial charge in [0.1, 0.15) is 6.04 Å². The van der Waals surface area contributed by atoms with Crippen LogP contribution in [0.3, 0.4) is 0 Å². The fourth-order valence-electron chi connectivity index (χ4n) is 4.81. The van der Waals surface area contributed by atoms with Gasteiger partial charge in [-0.15, -0.1) is 0 Å². The first-order valence-electron chi connectivity index (χ1n) is 11.1. The molecular formula is C25H26N4O3. The average molecular weight is 431 g/mol. The van der Waals surface area contributed by atoms with Crippen molar-refractivity contribution < 1.29 is 14.4 Å². The van der Waals surface area contributed by atoms with Crippen molar-refractivity contribution in [3.8, 4) is 0 Å². The van der Waals surface area contributed by atoms with Crippen LogP contribution in [0.15, 0.2) is 54.6 Å². The van der Waals surface area contributed by atoms with E-state index in [-0.39, 0.29) is 24.3 Å². The van der Waals surface area contributed by atoms with Crippen molar-refractivity contribution in [3.63, 3.8) is 0 Å². The fourth-order valence-corrected chi connectivity index (χ4v) is 4.81. The van der Waals surface area contributed by atoms with Crippen LogP contribution >= 0.6 is 0 Å². The van der Waals surface area contributed by atoms with Gasteiger partial charge in [-0.1, -0.05) is 48.5 Å². The van der Waals surface area contributed by atoms with Gasteiger partial charge in [0.05, 0.1) is 12.5 Å². The molecule has 7 heteroatoms. The molecule has 3 aromatic rings. The van der Waals surface area contributed by atoms with E-state index in [0.29, 0.717) is 13.0 Å². The van der Waals surface area contributed by atoms with Gasteiger partial charge in [-0.3, -0.25) is 14.5 Å². The summed E-state index contributed by atoms with van der Waals surface area (Å²) in [5, 5.41) is 6.95. The smallest absolute Gasteiger partial charge is 0.324 e. The van der Waals surface area contributed by atoms with Crippen LogP contribution in [0.5, 0.6) is 0 Å². The van der Waals surface area contributed by atoms with E-state index >= 15 is 0 Å². The predicted molar refractivity (Wildman–Crippen MR) is 121 cm³/mol.